The molecule has 2 fully saturated rings. The molecule has 1 amide bonds. The Bertz CT molecular complexity index is 2250. The van der Waals surface area contributed by atoms with Crippen LogP contribution in [0.3, 0.4) is 0 Å². The lowest BCUT2D eigenvalue weighted by molar-refractivity contribution is -0.118. The molecule has 2 aliphatic heterocycles. The number of nitrogens with one attached hydrogen (secondary N) is 1. The van der Waals surface area contributed by atoms with Gasteiger partial charge in [0.05, 0.1) is 38.7 Å². The van der Waals surface area contributed by atoms with Gasteiger partial charge in [-0.25, -0.2) is 23.4 Å². The molecule has 17 heteroatoms. The fourth-order valence-electron chi connectivity index (χ4n) is 6.96. The second-order valence-corrected chi connectivity index (χ2v) is 16.7. The van der Waals surface area contributed by atoms with E-state index in [1.165, 1.54) is 12.7 Å². The lowest BCUT2D eigenvalue weighted by Gasteiger charge is -2.37. The predicted octanol–water partition coefficient (Wildman–Crippen LogP) is 4.11. The molecule has 300 valence electrons. The normalized spacial score (nSPS) is 20.7. The van der Waals surface area contributed by atoms with E-state index in [4.69, 9.17) is 35.9 Å². The average Bonchev–Trinajstić information content (AvgIpc) is 3.79. The molecule has 3 aromatic carbocycles. The number of benzene rings is 3. The van der Waals surface area contributed by atoms with Gasteiger partial charge >= 0.3 is 0 Å². The van der Waals surface area contributed by atoms with Crippen LogP contribution in [-0.4, -0.2) is 113 Å². The van der Waals surface area contributed by atoms with Crippen molar-refractivity contribution in [1.29, 1.82) is 0 Å². The fourth-order valence-corrected chi connectivity index (χ4v) is 8.46. The maximum atomic E-state index is 12.6. The van der Waals surface area contributed by atoms with Gasteiger partial charge in [-0.15, -0.1) is 0 Å². The smallest absolute Gasteiger partial charge is 0.259 e. The van der Waals surface area contributed by atoms with Gasteiger partial charge < -0.3 is 39.0 Å². The molecule has 2 aliphatic rings. The van der Waals surface area contributed by atoms with E-state index in [1.807, 2.05) is 78.9 Å². The number of nitrogens with zero attached hydrogens (tertiary/aromatic N) is 5. The first kappa shape index (κ1) is 40.0. The second-order valence-electron chi connectivity index (χ2n) is 14.0. The summed E-state index contributed by atoms with van der Waals surface area (Å²) in [6, 6.07) is 24.9. The number of ether oxygens (including phenoxy) is 5. The van der Waals surface area contributed by atoms with E-state index in [0.29, 0.717) is 22.7 Å². The molecular weight excluding hydrogens is 773 g/mol. The Labute approximate surface area is 335 Å². The quantitative estimate of drug-likeness (QED) is 0.136. The number of carbonyl (C=O) groups excluding carboxylic acids is 1. The Morgan fingerprint density at radius 1 is 0.930 bits per heavy atom. The summed E-state index contributed by atoms with van der Waals surface area (Å²) in [7, 11) is 0.00148. The molecule has 15 nitrogen and oxygen atoms in total. The van der Waals surface area contributed by atoms with Gasteiger partial charge in [0.1, 0.15) is 35.6 Å². The van der Waals surface area contributed by atoms with Crippen molar-refractivity contribution in [3.05, 3.63) is 108 Å². The summed E-state index contributed by atoms with van der Waals surface area (Å²) in [5.41, 5.74) is 1.77. The van der Waals surface area contributed by atoms with Crippen LogP contribution in [-0.2, 0) is 34.4 Å². The van der Waals surface area contributed by atoms with E-state index in [9.17, 15) is 18.3 Å². The topological polar surface area (TPSA) is 176 Å². The Hall–Kier alpha value is -5.20. The number of aliphatic hydroxyl groups is 1. The zero-order valence-electron chi connectivity index (χ0n) is 31.8. The number of thiocarbonyl (C=S) groups is 1. The Morgan fingerprint density at radius 2 is 1.53 bits per heavy atom. The van der Waals surface area contributed by atoms with Gasteiger partial charge in [-0.3, -0.25) is 9.36 Å². The van der Waals surface area contributed by atoms with Crippen molar-refractivity contribution in [2.24, 2.45) is 5.92 Å². The Kier molecular flexibility index (Phi) is 11.7. The maximum absolute atomic E-state index is 12.6. The van der Waals surface area contributed by atoms with Crippen molar-refractivity contribution in [1.82, 2.24) is 24.4 Å². The number of fused-ring (bicyclic) bond motifs is 1. The first-order chi connectivity index (χ1) is 27.4. The van der Waals surface area contributed by atoms with Crippen LogP contribution in [0.5, 0.6) is 11.5 Å². The lowest BCUT2D eigenvalue weighted by Crippen LogP contribution is -2.47. The number of imidazole rings is 1. The molecule has 57 heavy (non-hydrogen) atoms. The Balaban J connectivity index is 1.27. The molecule has 7 rings (SSSR count). The van der Waals surface area contributed by atoms with E-state index in [0.717, 1.165) is 16.7 Å². The van der Waals surface area contributed by atoms with Crippen molar-refractivity contribution >= 4 is 50.1 Å². The number of aromatic nitrogens is 4. The third-order valence-electron chi connectivity index (χ3n) is 10.2. The molecule has 0 spiro atoms. The van der Waals surface area contributed by atoms with Gasteiger partial charge in [-0.2, -0.15) is 0 Å². The summed E-state index contributed by atoms with van der Waals surface area (Å²) in [6.45, 7) is 3.68. The van der Waals surface area contributed by atoms with Crippen LogP contribution in [0, 0.1) is 5.92 Å². The molecule has 4 atom stereocenters. The third-order valence-corrected chi connectivity index (χ3v) is 12.2. The number of hydrogen-bond donors (Lipinski definition) is 2. The third kappa shape index (κ3) is 8.15. The average molecular weight is 817 g/mol. The zero-order chi connectivity index (χ0) is 40.3. The highest BCUT2D eigenvalue weighted by atomic mass is 32.2. The van der Waals surface area contributed by atoms with Crippen molar-refractivity contribution in [2.45, 2.75) is 44.0 Å². The van der Waals surface area contributed by atoms with Gasteiger partial charge in [0, 0.05) is 19.0 Å². The lowest BCUT2D eigenvalue weighted by atomic mass is 9.80. The summed E-state index contributed by atoms with van der Waals surface area (Å²) in [5, 5.41) is 15.0. The summed E-state index contributed by atoms with van der Waals surface area (Å²) in [5.74, 6) is 0.828. The minimum absolute atomic E-state index is 0.0168. The first-order valence-electron chi connectivity index (χ1n) is 18.4. The van der Waals surface area contributed by atoms with E-state index in [1.54, 1.807) is 37.5 Å². The largest absolute Gasteiger partial charge is 0.497 e. The molecule has 2 saturated heterocycles. The fraction of sp³-hybridized carbons (Fsp3) is 0.375. The highest BCUT2D eigenvalue weighted by Gasteiger charge is 2.50. The number of carbonyl (C=O) groups is 1. The molecule has 0 bridgehead atoms. The summed E-state index contributed by atoms with van der Waals surface area (Å²) >= 11 is 5.70. The number of rotatable bonds is 12. The van der Waals surface area contributed by atoms with Gasteiger partial charge in [-0.1, -0.05) is 68.4 Å². The molecule has 2 N–H and O–H groups in total. The van der Waals surface area contributed by atoms with Crippen molar-refractivity contribution < 1.29 is 42.0 Å². The number of anilines is 1. The zero-order valence-corrected chi connectivity index (χ0v) is 33.5. The van der Waals surface area contributed by atoms with E-state index >= 15 is 0 Å². The predicted molar refractivity (Wildman–Crippen MR) is 215 cm³/mol. The van der Waals surface area contributed by atoms with Gasteiger partial charge in [0.15, 0.2) is 39.2 Å². The SMILES string of the molecule is COc1ccc(C(OC[C@H]2O[C@@H](n3cnc4c(NC(=O)C(C)C)ncnc43)C(OC(=S)N3CCS(=O)(=O)CC3)[C@H]2O)(c2ccccc2)c2ccc(OC)cc2)cc1. The minimum atomic E-state index is -3.20. The van der Waals surface area contributed by atoms with Crippen molar-refractivity contribution in [2.75, 3.05) is 50.7 Å². The van der Waals surface area contributed by atoms with Crippen molar-refractivity contribution in [3.63, 3.8) is 0 Å². The number of amides is 1. The first-order valence-corrected chi connectivity index (χ1v) is 20.6. The number of sulfone groups is 1. The van der Waals surface area contributed by atoms with Crippen LogP contribution in [0.15, 0.2) is 91.5 Å². The van der Waals surface area contributed by atoms with E-state index in [2.05, 4.69) is 20.3 Å². The summed E-state index contributed by atoms with van der Waals surface area (Å²) in [6.07, 6.45) is -1.72. The highest BCUT2D eigenvalue weighted by molar-refractivity contribution is 7.91. The van der Waals surface area contributed by atoms with Crippen LogP contribution in [0.1, 0.15) is 36.8 Å². The standard InChI is InChI=1S/C40H44N6O9S2/c1-25(2)37(48)44-35-32-36(42-23-41-35)46(24-43-32)38-34(55-39(56)45-18-20-57(49,50)21-19-45)33(47)31(54-38)22-53-40(26-8-6-5-7-9-26,27-10-14-29(51-3)15-11-27)28-12-16-30(52-4)17-13-28/h5-17,23-25,31,33-34,38,47H,18-22H2,1-4H3,(H,41,42,44,48)/t31-,33+,34?,38-/m1/s1. The molecule has 0 radical (unpaired) electrons. The second kappa shape index (κ2) is 16.7. The van der Waals surface area contributed by atoms with Crippen LogP contribution in [0.25, 0.3) is 11.2 Å². The molecule has 5 aromatic rings. The van der Waals surface area contributed by atoms with Crippen LogP contribution in [0.4, 0.5) is 5.82 Å². The van der Waals surface area contributed by atoms with Crippen LogP contribution >= 0.6 is 12.2 Å². The van der Waals surface area contributed by atoms with Crippen molar-refractivity contribution in [3.8, 4) is 11.5 Å². The van der Waals surface area contributed by atoms with Crippen LogP contribution in [0.2, 0.25) is 0 Å². The minimum Gasteiger partial charge on any atom is -0.497 e. The summed E-state index contributed by atoms with van der Waals surface area (Å²) < 4.78 is 57.1. The highest BCUT2D eigenvalue weighted by Crippen LogP contribution is 2.43. The monoisotopic (exact) mass is 816 g/mol. The molecule has 4 heterocycles. The number of aliphatic hydroxyl groups excluding tert-OH is 1. The van der Waals surface area contributed by atoms with E-state index in [-0.39, 0.29) is 54.0 Å². The van der Waals surface area contributed by atoms with Gasteiger partial charge in [-0.05, 0) is 53.2 Å². The van der Waals surface area contributed by atoms with E-state index < -0.39 is 40.0 Å². The van der Waals surface area contributed by atoms with Gasteiger partial charge in [0.25, 0.3) is 5.17 Å². The molecule has 0 aliphatic carbocycles. The van der Waals surface area contributed by atoms with Crippen LogP contribution < -0.4 is 14.8 Å². The molecule has 2 aromatic heterocycles. The summed E-state index contributed by atoms with van der Waals surface area (Å²) in [4.78, 5) is 27.5. The molecule has 0 saturated carbocycles. The molecule has 1 unspecified atom stereocenters. The Morgan fingerprint density at radius 3 is 2.11 bits per heavy atom. The maximum Gasteiger partial charge on any atom is 0.259 e. The molecular formula is C40H44N6O9S2. The number of hydrogen-bond acceptors (Lipinski definition) is 13. The van der Waals surface area contributed by atoms with Gasteiger partial charge in [0.2, 0.25) is 5.91 Å². The number of methoxy groups -OCH3 is 2.